The lowest BCUT2D eigenvalue weighted by molar-refractivity contribution is -0.323. The van der Waals surface area contributed by atoms with Crippen molar-refractivity contribution in [2.24, 2.45) is 5.92 Å². The summed E-state index contributed by atoms with van der Waals surface area (Å²) < 4.78 is 12.2. The van der Waals surface area contributed by atoms with Gasteiger partial charge < -0.3 is 40.7 Å². The predicted molar refractivity (Wildman–Crippen MR) is 147 cm³/mol. The number of carbonyl (C=O) groups excluding carboxylic acids is 3. The summed E-state index contributed by atoms with van der Waals surface area (Å²) in [5, 5.41) is 50.0. The molecule has 16 heteroatoms. The standard InChI is InChI=1S/C26H32N8O8/c1-14-11-18(33-34(14)10-9-27-21(35)13-41-2)16-5-4-6-17(23(16)42-3)28-19-12-20(29-24(36)15-7-8-15)31-32-22(19)25(37)30-26(38,39)40/h4-6,11-12,15,38-40H,7-10,13H2,1-3H3,(H,27,35)(H,30,37)(H2,28,29,31,36). The first-order valence-corrected chi connectivity index (χ1v) is 12.9. The lowest BCUT2D eigenvalue weighted by Crippen LogP contribution is -2.48. The van der Waals surface area contributed by atoms with Gasteiger partial charge in [-0.05, 0) is 38.0 Å². The van der Waals surface area contributed by atoms with Gasteiger partial charge in [-0.3, -0.25) is 24.4 Å². The van der Waals surface area contributed by atoms with Crippen LogP contribution in [0.1, 0.15) is 29.0 Å². The van der Waals surface area contributed by atoms with Crippen molar-refractivity contribution in [2.45, 2.75) is 32.4 Å². The third-order valence-electron chi connectivity index (χ3n) is 6.16. The normalized spacial score (nSPS) is 12.9. The van der Waals surface area contributed by atoms with Crippen LogP contribution in [0.3, 0.4) is 0 Å². The fraction of sp³-hybridized carbons (Fsp3) is 0.385. The topological polar surface area (TPSA) is 222 Å². The minimum atomic E-state index is -3.50. The summed E-state index contributed by atoms with van der Waals surface area (Å²) in [6, 6.07) is 8.37. The molecule has 1 aliphatic carbocycles. The number of rotatable bonds is 13. The maximum absolute atomic E-state index is 12.7. The lowest BCUT2D eigenvalue weighted by atomic mass is 10.1. The number of aryl methyl sites for hydroxylation is 1. The van der Waals surface area contributed by atoms with E-state index in [1.54, 1.807) is 28.2 Å². The Labute approximate surface area is 240 Å². The van der Waals surface area contributed by atoms with Crippen LogP contribution >= 0.6 is 0 Å². The van der Waals surface area contributed by atoms with Crippen LogP contribution in [0.15, 0.2) is 30.3 Å². The number of carbonyl (C=O) groups is 3. The van der Waals surface area contributed by atoms with E-state index in [4.69, 9.17) is 9.47 Å². The quantitative estimate of drug-likeness (QED) is 0.130. The minimum absolute atomic E-state index is 0.0156. The summed E-state index contributed by atoms with van der Waals surface area (Å²) in [7, 11) is 2.90. The maximum atomic E-state index is 12.7. The smallest absolute Gasteiger partial charge is 0.369 e. The van der Waals surface area contributed by atoms with Crippen molar-refractivity contribution < 1.29 is 39.2 Å². The SMILES string of the molecule is COCC(=O)NCCn1nc(-c2cccc(Nc3cc(NC(=O)C4CC4)nnc3C(=O)NC(O)(O)O)c2OC)cc1C. The van der Waals surface area contributed by atoms with E-state index in [1.165, 1.54) is 20.3 Å². The van der Waals surface area contributed by atoms with Crippen LogP contribution in [0.5, 0.6) is 5.75 Å². The molecule has 0 saturated heterocycles. The van der Waals surface area contributed by atoms with Crippen LogP contribution in [-0.2, 0) is 20.9 Å². The Morgan fingerprint density at radius 1 is 1.10 bits per heavy atom. The van der Waals surface area contributed by atoms with Crippen molar-refractivity contribution in [3.63, 3.8) is 0 Å². The molecule has 1 aromatic carbocycles. The number of methoxy groups -OCH3 is 2. The van der Waals surface area contributed by atoms with Crippen molar-refractivity contribution >= 4 is 34.9 Å². The molecule has 16 nitrogen and oxygen atoms in total. The van der Waals surface area contributed by atoms with Crippen LogP contribution < -0.4 is 26.0 Å². The van der Waals surface area contributed by atoms with Crippen molar-refractivity contribution in [2.75, 3.05) is 38.0 Å². The van der Waals surface area contributed by atoms with Gasteiger partial charge in [0.1, 0.15) is 6.61 Å². The van der Waals surface area contributed by atoms with E-state index in [1.807, 2.05) is 13.0 Å². The molecule has 3 aromatic rings. The zero-order chi connectivity index (χ0) is 30.4. The van der Waals surface area contributed by atoms with E-state index in [-0.39, 0.29) is 35.8 Å². The number of amides is 3. The molecular weight excluding hydrogens is 552 g/mol. The second-order valence-corrected chi connectivity index (χ2v) is 9.53. The minimum Gasteiger partial charge on any atom is -0.494 e. The summed E-state index contributed by atoms with van der Waals surface area (Å²) >= 11 is 0. The van der Waals surface area contributed by atoms with Crippen molar-refractivity contribution in [1.29, 1.82) is 0 Å². The third-order valence-corrected chi connectivity index (χ3v) is 6.16. The fourth-order valence-electron chi connectivity index (χ4n) is 4.05. The Morgan fingerprint density at radius 3 is 2.52 bits per heavy atom. The Kier molecular flexibility index (Phi) is 9.31. The van der Waals surface area contributed by atoms with Crippen LogP contribution in [-0.4, -0.2) is 86.5 Å². The summed E-state index contributed by atoms with van der Waals surface area (Å²) in [4.78, 5) is 36.6. The monoisotopic (exact) mass is 584 g/mol. The predicted octanol–water partition coefficient (Wildman–Crippen LogP) is -0.170. The number of benzene rings is 1. The second-order valence-electron chi connectivity index (χ2n) is 9.53. The molecule has 0 aliphatic heterocycles. The molecule has 0 unspecified atom stereocenters. The van der Waals surface area contributed by atoms with Crippen LogP contribution in [0, 0.1) is 12.8 Å². The molecular formula is C26H32N8O8. The highest BCUT2D eigenvalue weighted by molar-refractivity contribution is 6.00. The number of hydrogen-bond acceptors (Lipinski definition) is 12. The highest BCUT2D eigenvalue weighted by Crippen LogP contribution is 2.38. The third kappa shape index (κ3) is 7.76. The zero-order valence-electron chi connectivity index (χ0n) is 23.2. The largest absolute Gasteiger partial charge is 0.494 e. The van der Waals surface area contributed by atoms with E-state index in [0.717, 1.165) is 18.5 Å². The average molecular weight is 585 g/mol. The van der Waals surface area contributed by atoms with Crippen molar-refractivity contribution in [1.82, 2.24) is 30.6 Å². The molecule has 1 saturated carbocycles. The van der Waals surface area contributed by atoms with Gasteiger partial charge in [-0.15, -0.1) is 10.2 Å². The molecule has 1 fully saturated rings. The van der Waals surface area contributed by atoms with Gasteiger partial charge in [-0.25, -0.2) is 0 Å². The zero-order valence-corrected chi connectivity index (χ0v) is 23.2. The molecule has 42 heavy (non-hydrogen) atoms. The first kappa shape index (κ1) is 30.3. The van der Waals surface area contributed by atoms with Gasteiger partial charge in [0.2, 0.25) is 11.8 Å². The molecule has 0 radical (unpaired) electrons. The molecule has 7 N–H and O–H groups in total. The number of nitrogens with one attached hydrogen (secondary N) is 4. The number of nitrogens with zero attached hydrogens (tertiary/aromatic N) is 4. The molecule has 4 rings (SSSR count). The molecule has 2 heterocycles. The van der Waals surface area contributed by atoms with Crippen LogP contribution in [0.25, 0.3) is 11.3 Å². The van der Waals surface area contributed by atoms with E-state index >= 15 is 0 Å². The van der Waals surface area contributed by atoms with Gasteiger partial charge in [0.25, 0.3) is 5.91 Å². The molecule has 1 aliphatic rings. The lowest BCUT2D eigenvalue weighted by Gasteiger charge is -2.18. The molecule has 0 spiro atoms. The summed E-state index contributed by atoms with van der Waals surface area (Å²) in [5.41, 5.74) is 1.98. The number of aliphatic hydroxyl groups is 3. The van der Waals surface area contributed by atoms with E-state index in [0.29, 0.717) is 35.8 Å². The van der Waals surface area contributed by atoms with Gasteiger partial charge >= 0.3 is 6.10 Å². The Hall–Kier alpha value is -4.64. The second kappa shape index (κ2) is 12.9. The van der Waals surface area contributed by atoms with Gasteiger partial charge in [0.15, 0.2) is 17.3 Å². The summed E-state index contributed by atoms with van der Waals surface area (Å²) in [6.45, 7) is 2.60. The molecule has 0 bridgehead atoms. The van der Waals surface area contributed by atoms with Gasteiger partial charge in [-0.2, -0.15) is 5.10 Å². The van der Waals surface area contributed by atoms with Crippen molar-refractivity contribution in [3.8, 4) is 17.0 Å². The fourth-order valence-corrected chi connectivity index (χ4v) is 4.05. The number of ether oxygens (including phenoxy) is 2. The van der Waals surface area contributed by atoms with E-state index in [2.05, 4.69) is 31.2 Å². The molecule has 0 atom stereocenters. The molecule has 224 valence electrons. The van der Waals surface area contributed by atoms with Gasteiger partial charge in [0.05, 0.1) is 30.7 Å². The number of aromatic nitrogens is 4. The van der Waals surface area contributed by atoms with Gasteiger partial charge in [-0.1, -0.05) is 6.07 Å². The first-order valence-electron chi connectivity index (χ1n) is 12.9. The maximum Gasteiger partial charge on any atom is 0.369 e. The Morgan fingerprint density at radius 2 is 1.86 bits per heavy atom. The summed E-state index contributed by atoms with van der Waals surface area (Å²) in [5.74, 6) is -1.36. The number of anilines is 3. The number of hydrogen-bond donors (Lipinski definition) is 7. The Balaban J connectivity index is 1.63. The van der Waals surface area contributed by atoms with Gasteiger partial charge in [0, 0.05) is 36.9 Å². The van der Waals surface area contributed by atoms with Crippen LogP contribution in [0.4, 0.5) is 17.2 Å². The number of para-hydroxylation sites is 1. The van der Waals surface area contributed by atoms with E-state index < -0.39 is 17.7 Å². The molecule has 2 aromatic heterocycles. The average Bonchev–Trinajstić information content (AvgIpc) is 3.71. The van der Waals surface area contributed by atoms with E-state index in [9.17, 15) is 29.7 Å². The van der Waals surface area contributed by atoms with Crippen LogP contribution in [0.2, 0.25) is 0 Å². The van der Waals surface area contributed by atoms with Crippen molar-refractivity contribution in [3.05, 3.63) is 41.7 Å². The first-order chi connectivity index (χ1) is 20.0. The Bertz CT molecular complexity index is 1460. The summed E-state index contributed by atoms with van der Waals surface area (Å²) in [6.07, 6.45) is -1.98. The highest BCUT2D eigenvalue weighted by Gasteiger charge is 2.31. The molecule has 3 amide bonds. The highest BCUT2D eigenvalue weighted by atomic mass is 16.7.